The molecule has 0 unspecified atom stereocenters. The zero-order valence-electron chi connectivity index (χ0n) is 11.8. The Kier molecular flexibility index (Phi) is 6.05. The number of alkyl halides is 1. The van der Waals surface area contributed by atoms with Gasteiger partial charge in [0.1, 0.15) is 0 Å². The topological polar surface area (TPSA) is 52.6 Å². The lowest BCUT2D eigenvalue weighted by Gasteiger charge is -2.10. The van der Waals surface area contributed by atoms with E-state index in [9.17, 15) is 9.59 Å². The summed E-state index contributed by atoms with van der Waals surface area (Å²) in [5.41, 5.74) is 0. The van der Waals surface area contributed by atoms with E-state index in [-0.39, 0.29) is 17.9 Å². The number of benzene rings is 1. The second-order valence-electron chi connectivity index (χ2n) is 5.12. The quantitative estimate of drug-likeness (QED) is 0.318. The maximum absolute atomic E-state index is 11.8. The molecule has 0 radical (unpaired) electrons. The predicted octanol–water partition coefficient (Wildman–Crippen LogP) is 3.71. The van der Waals surface area contributed by atoms with Crippen LogP contribution in [0.3, 0.4) is 0 Å². The first-order valence-electron chi connectivity index (χ1n) is 7.28. The molecule has 0 aliphatic heterocycles. The third kappa shape index (κ3) is 5.38. The number of carbonyl (C=O) groups excluding carboxylic acids is 2. The lowest BCUT2D eigenvalue weighted by Crippen LogP contribution is -2.13. The van der Waals surface area contributed by atoms with Crippen molar-refractivity contribution in [2.75, 3.05) is 5.88 Å². The third-order valence-electron chi connectivity index (χ3n) is 3.21. The highest BCUT2D eigenvalue weighted by Crippen LogP contribution is 2.33. The van der Waals surface area contributed by atoms with Crippen LogP contribution < -0.4 is 9.47 Å². The van der Waals surface area contributed by atoms with Crippen molar-refractivity contribution in [3.63, 3.8) is 0 Å². The third-order valence-corrected chi connectivity index (χ3v) is 3.48. The van der Waals surface area contributed by atoms with Crippen LogP contribution in [0.1, 0.15) is 38.5 Å². The molecule has 4 nitrogen and oxygen atoms in total. The molecule has 114 valence electrons. The standard InChI is InChI=1S/C16H19ClO4/c17-11-5-1-2-8-15(18)20-13-6-3-4-7-14(13)21-16(19)12-9-10-12/h3-4,6-7,12H,1-2,5,8-11H2. The Balaban J connectivity index is 1.86. The minimum absolute atomic E-state index is 0.00399. The lowest BCUT2D eigenvalue weighted by molar-refractivity contribution is -0.138. The van der Waals surface area contributed by atoms with E-state index in [1.807, 2.05) is 0 Å². The highest BCUT2D eigenvalue weighted by Gasteiger charge is 2.32. The highest BCUT2D eigenvalue weighted by atomic mass is 35.5. The molecule has 0 spiro atoms. The lowest BCUT2D eigenvalue weighted by atomic mass is 10.2. The van der Waals surface area contributed by atoms with Crippen molar-refractivity contribution >= 4 is 23.5 Å². The zero-order valence-corrected chi connectivity index (χ0v) is 12.6. The van der Waals surface area contributed by atoms with E-state index < -0.39 is 0 Å². The fourth-order valence-corrected chi connectivity index (χ4v) is 2.03. The van der Waals surface area contributed by atoms with Crippen molar-refractivity contribution in [1.29, 1.82) is 0 Å². The monoisotopic (exact) mass is 310 g/mol. The van der Waals surface area contributed by atoms with Gasteiger partial charge >= 0.3 is 11.9 Å². The number of esters is 2. The molecular weight excluding hydrogens is 292 g/mol. The Bertz CT molecular complexity index is 497. The van der Waals surface area contributed by atoms with Crippen LogP contribution in [0.25, 0.3) is 0 Å². The van der Waals surface area contributed by atoms with Crippen LogP contribution in [0.15, 0.2) is 24.3 Å². The van der Waals surface area contributed by atoms with Crippen LogP contribution in [-0.2, 0) is 9.59 Å². The molecule has 0 N–H and O–H groups in total. The molecule has 0 aromatic heterocycles. The van der Waals surface area contributed by atoms with Crippen molar-refractivity contribution < 1.29 is 19.1 Å². The number of carbonyl (C=O) groups is 2. The van der Waals surface area contributed by atoms with Crippen molar-refractivity contribution in [3.8, 4) is 11.5 Å². The maximum Gasteiger partial charge on any atom is 0.314 e. The second-order valence-corrected chi connectivity index (χ2v) is 5.49. The Hall–Kier alpha value is -1.55. The van der Waals surface area contributed by atoms with Gasteiger partial charge in [-0.25, -0.2) is 0 Å². The average Bonchev–Trinajstić information content (AvgIpc) is 3.30. The van der Waals surface area contributed by atoms with Gasteiger partial charge in [0.2, 0.25) is 0 Å². The average molecular weight is 311 g/mol. The van der Waals surface area contributed by atoms with Gasteiger partial charge in [0.15, 0.2) is 11.5 Å². The van der Waals surface area contributed by atoms with Crippen molar-refractivity contribution in [2.24, 2.45) is 5.92 Å². The molecule has 0 amide bonds. The Labute approximate surface area is 129 Å². The summed E-state index contributed by atoms with van der Waals surface area (Å²) in [7, 11) is 0. The summed E-state index contributed by atoms with van der Waals surface area (Å²) in [5, 5.41) is 0. The summed E-state index contributed by atoms with van der Waals surface area (Å²) in [4.78, 5) is 23.4. The van der Waals surface area contributed by atoms with E-state index in [4.69, 9.17) is 21.1 Å². The van der Waals surface area contributed by atoms with E-state index >= 15 is 0 Å². The number of rotatable bonds is 8. The number of halogens is 1. The summed E-state index contributed by atoms with van der Waals surface area (Å²) < 4.78 is 10.6. The van der Waals surface area contributed by atoms with Crippen LogP contribution in [0.2, 0.25) is 0 Å². The van der Waals surface area contributed by atoms with E-state index in [0.717, 1.165) is 32.1 Å². The molecule has 0 heterocycles. The molecule has 1 aliphatic carbocycles. The number of hydrogen-bond donors (Lipinski definition) is 0. The minimum atomic E-state index is -0.320. The van der Waals surface area contributed by atoms with Gasteiger partial charge in [-0.2, -0.15) is 0 Å². The number of hydrogen-bond acceptors (Lipinski definition) is 4. The van der Waals surface area contributed by atoms with Gasteiger partial charge in [-0.3, -0.25) is 9.59 Å². The molecule has 1 aromatic rings. The summed E-state index contributed by atoms with van der Waals surface area (Å²) in [5.74, 6) is 0.649. The first-order valence-corrected chi connectivity index (χ1v) is 7.81. The highest BCUT2D eigenvalue weighted by molar-refractivity contribution is 6.17. The van der Waals surface area contributed by atoms with E-state index in [2.05, 4.69) is 0 Å². The molecule has 0 bridgehead atoms. The number of ether oxygens (including phenoxy) is 2. The smallest absolute Gasteiger partial charge is 0.314 e. The normalized spacial score (nSPS) is 13.8. The fourth-order valence-electron chi connectivity index (χ4n) is 1.84. The number of unbranched alkanes of at least 4 members (excludes halogenated alkanes) is 2. The van der Waals surface area contributed by atoms with Crippen LogP contribution in [0.4, 0.5) is 0 Å². The fraction of sp³-hybridized carbons (Fsp3) is 0.500. The van der Waals surface area contributed by atoms with Crippen LogP contribution in [0, 0.1) is 5.92 Å². The van der Waals surface area contributed by atoms with Crippen molar-refractivity contribution in [3.05, 3.63) is 24.3 Å². The van der Waals surface area contributed by atoms with Gasteiger partial charge < -0.3 is 9.47 Å². The molecule has 21 heavy (non-hydrogen) atoms. The van der Waals surface area contributed by atoms with Crippen molar-refractivity contribution in [2.45, 2.75) is 38.5 Å². The largest absolute Gasteiger partial charge is 0.423 e. The SMILES string of the molecule is O=C(CCCCCCl)Oc1ccccc1OC(=O)C1CC1. The van der Waals surface area contributed by atoms with Crippen molar-refractivity contribution in [1.82, 2.24) is 0 Å². The van der Waals surface area contributed by atoms with Gasteiger partial charge in [0.05, 0.1) is 5.92 Å². The first-order chi connectivity index (χ1) is 10.2. The Morgan fingerprint density at radius 2 is 1.71 bits per heavy atom. The Morgan fingerprint density at radius 3 is 2.33 bits per heavy atom. The van der Waals surface area contributed by atoms with E-state index in [1.54, 1.807) is 24.3 Å². The maximum atomic E-state index is 11.8. The molecule has 5 heteroatoms. The Morgan fingerprint density at radius 1 is 1.05 bits per heavy atom. The van der Waals surface area contributed by atoms with Gasteiger partial charge in [0, 0.05) is 12.3 Å². The van der Waals surface area contributed by atoms with Crippen LogP contribution >= 0.6 is 11.6 Å². The predicted molar refractivity (Wildman–Crippen MR) is 79.6 cm³/mol. The molecule has 1 saturated carbocycles. The summed E-state index contributed by atoms with van der Waals surface area (Å²) in [6.45, 7) is 0. The van der Waals surface area contributed by atoms with Crippen LogP contribution in [0.5, 0.6) is 11.5 Å². The first kappa shape index (κ1) is 15.8. The summed E-state index contributed by atoms with van der Waals surface area (Å²) >= 11 is 5.58. The second kappa shape index (κ2) is 8.03. The molecule has 1 aromatic carbocycles. The number of para-hydroxylation sites is 2. The molecule has 0 atom stereocenters. The zero-order chi connectivity index (χ0) is 15.1. The van der Waals surface area contributed by atoms with E-state index in [0.29, 0.717) is 23.8 Å². The van der Waals surface area contributed by atoms with E-state index in [1.165, 1.54) is 0 Å². The van der Waals surface area contributed by atoms with Gasteiger partial charge in [0.25, 0.3) is 0 Å². The summed E-state index contributed by atoms with van der Waals surface area (Å²) in [6, 6.07) is 6.75. The van der Waals surface area contributed by atoms with Crippen LogP contribution in [-0.4, -0.2) is 17.8 Å². The summed E-state index contributed by atoms with van der Waals surface area (Å²) in [6.07, 6.45) is 4.63. The molecule has 2 rings (SSSR count). The van der Waals surface area contributed by atoms with Gasteiger partial charge in [-0.05, 0) is 37.8 Å². The molecule has 1 fully saturated rings. The molecule has 0 saturated heterocycles. The molecule has 1 aliphatic rings. The van der Waals surface area contributed by atoms with Gasteiger partial charge in [-0.1, -0.05) is 18.6 Å². The molecular formula is C16H19ClO4. The minimum Gasteiger partial charge on any atom is -0.423 e. The van der Waals surface area contributed by atoms with Gasteiger partial charge in [-0.15, -0.1) is 11.6 Å².